The van der Waals surface area contributed by atoms with Gasteiger partial charge in [-0.25, -0.2) is 4.98 Å². The molecule has 1 atom stereocenters. The lowest BCUT2D eigenvalue weighted by Gasteiger charge is -2.18. The lowest BCUT2D eigenvalue weighted by atomic mass is 10.0. The molecule has 1 aromatic heterocycles. The number of hydrogen-bond donors (Lipinski definition) is 1. The van der Waals surface area contributed by atoms with Crippen molar-refractivity contribution in [3.8, 4) is 0 Å². The highest BCUT2D eigenvalue weighted by molar-refractivity contribution is 9.10. The van der Waals surface area contributed by atoms with Crippen LogP contribution in [-0.4, -0.2) is 15.5 Å². The summed E-state index contributed by atoms with van der Waals surface area (Å²) in [4.78, 5) is 29.7. The van der Waals surface area contributed by atoms with E-state index in [9.17, 15) is 9.59 Å². The van der Waals surface area contributed by atoms with E-state index in [4.69, 9.17) is 0 Å². The Balaban J connectivity index is 1.82. The number of halogens is 1. The fourth-order valence-corrected chi connectivity index (χ4v) is 3.23. The summed E-state index contributed by atoms with van der Waals surface area (Å²) in [5.74, 6) is 0.322. The first-order chi connectivity index (χ1) is 12.5. The number of carbonyl (C=O) groups excluding carboxylic acids is 1. The van der Waals surface area contributed by atoms with E-state index in [0.717, 1.165) is 16.5 Å². The number of amides is 1. The molecule has 0 aliphatic carbocycles. The highest BCUT2D eigenvalue weighted by atomic mass is 79.9. The van der Waals surface area contributed by atoms with Gasteiger partial charge in [-0.1, -0.05) is 47.1 Å². The fourth-order valence-electron chi connectivity index (χ4n) is 2.96. The Morgan fingerprint density at radius 3 is 2.58 bits per heavy atom. The Labute approximate surface area is 160 Å². The molecule has 1 unspecified atom stereocenters. The zero-order valence-electron chi connectivity index (χ0n) is 14.7. The van der Waals surface area contributed by atoms with Crippen molar-refractivity contribution in [2.45, 2.75) is 32.9 Å². The van der Waals surface area contributed by atoms with E-state index in [2.05, 4.69) is 26.2 Å². The van der Waals surface area contributed by atoms with Gasteiger partial charge in [-0.05, 0) is 43.2 Å². The van der Waals surface area contributed by atoms with Crippen LogP contribution >= 0.6 is 15.9 Å². The zero-order chi connectivity index (χ0) is 18.7. The molecule has 0 saturated carbocycles. The molecule has 2 aromatic carbocycles. The molecule has 6 heteroatoms. The van der Waals surface area contributed by atoms with Crippen molar-refractivity contribution in [3.63, 3.8) is 0 Å². The predicted octanol–water partition coefficient (Wildman–Crippen LogP) is 3.73. The first-order valence-corrected chi connectivity index (χ1v) is 9.30. The van der Waals surface area contributed by atoms with Gasteiger partial charge in [-0.15, -0.1) is 0 Å². The van der Waals surface area contributed by atoms with Gasteiger partial charge >= 0.3 is 0 Å². The third-order valence-corrected chi connectivity index (χ3v) is 4.90. The SMILES string of the molecule is CCC(NC(=O)Cn1c(C)nc2ccccc2c1=O)c1ccc(Br)cc1. The smallest absolute Gasteiger partial charge is 0.261 e. The number of para-hydroxylation sites is 1. The Hall–Kier alpha value is -2.47. The van der Waals surface area contributed by atoms with E-state index in [-0.39, 0.29) is 24.1 Å². The number of aromatic nitrogens is 2. The van der Waals surface area contributed by atoms with Gasteiger partial charge in [0, 0.05) is 4.47 Å². The van der Waals surface area contributed by atoms with E-state index < -0.39 is 0 Å². The largest absolute Gasteiger partial charge is 0.348 e. The van der Waals surface area contributed by atoms with Crippen LogP contribution in [0.2, 0.25) is 0 Å². The van der Waals surface area contributed by atoms with Crippen LogP contribution in [0.4, 0.5) is 0 Å². The number of aryl methyl sites for hydroxylation is 1. The fraction of sp³-hybridized carbons (Fsp3) is 0.250. The summed E-state index contributed by atoms with van der Waals surface area (Å²) in [5.41, 5.74) is 1.48. The van der Waals surface area contributed by atoms with Crippen molar-refractivity contribution in [2.24, 2.45) is 0 Å². The lowest BCUT2D eigenvalue weighted by molar-refractivity contribution is -0.122. The molecule has 1 heterocycles. The Morgan fingerprint density at radius 1 is 1.19 bits per heavy atom. The Bertz CT molecular complexity index is 996. The van der Waals surface area contributed by atoms with Gasteiger partial charge in [0.05, 0.1) is 16.9 Å². The molecule has 0 aliphatic rings. The standard InChI is InChI=1S/C20H20BrN3O2/c1-3-17(14-8-10-15(21)11-9-14)23-19(25)12-24-13(2)22-18-7-5-4-6-16(18)20(24)26/h4-11,17H,3,12H2,1-2H3,(H,23,25). The summed E-state index contributed by atoms with van der Waals surface area (Å²) >= 11 is 3.41. The summed E-state index contributed by atoms with van der Waals surface area (Å²) in [6.45, 7) is 3.71. The van der Waals surface area contributed by atoms with Gasteiger partial charge in [-0.3, -0.25) is 14.2 Å². The maximum atomic E-state index is 12.7. The predicted molar refractivity (Wildman–Crippen MR) is 106 cm³/mol. The highest BCUT2D eigenvalue weighted by Crippen LogP contribution is 2.19. The van der Waals surface area contributed by atoms with Crippen molar-refractivity contribution >= 4 is 32.7 Å². The molecule has 134 valence electrons. The molecule has 1 N–H and O–H groups in total. The maximum Gasteiger partial charge on any atom is 0.261 e. The van der Waals surface area contributed by atoms with E-state index in [1.54, 1.807) is 25.1 Å². The molecule has 0 fully saturated rings. The van der Waals surface area contributed by atoms with Gasteiger partial charge in [0.15, 0.2) is 0 Å². The van der Waals surface area contributed by atoms with Crippen molar-refractivity contribution < 1.29 is 4.79 Å². The molecular formula is C20H20BrN3O2. The van der Waals surface area contributed by atoms with Gasteiger partial charge in [0.25, 0.3) is 5.56 Å². The third-order valence-electron chi connectivity index (χ3n) is 4.37. The van der Waals surface area contributed by atoms with Gasteiger partial charge < -0.3 is 5.32 Å². The van der Waals surface area contributed by atoms with Crippen LogP contribution in [0.3, 0.4) is 0 Å². The van der Waals surface area contributed by atoms with Gasteiger partial charge in [0.2, 0.25) is 5.91 Å². The molecule has 3 aromatic rings. The molecule has 0 bridgehead atoms. The van der Waals surface area contributed by atoms with Crippen LogP contribution in [0.15, 0.2) is 57.8 Å². The molecule has 3 rings (SSSR count). The van der Waals surface area contributed by atoms with Crippen molar-refractivity contribution in [2.75, 3.05) is 0 Å². The number of rotatable bonds is 5. The molecule has 0 radical (unpaired) electrons. The van der Waals surface area contributed by atoms with Gasteiger partial charge in [0.1, 0.15) is 12.4 Å². The lowest BCUT2D eigenvalue weighted by Crippen LogP contribution is -2.35. The number of benzene rings is 2. The second kappa shape index (κ2) is 7.83. The minimum atomic E-state index is -0.206. The van der Waals surface area contributed by atoms with E-state index in [1.807, 2.05) is 37.3 Å². The Kier molecular flexibility index (Phi) is 5.52. The quantitative estimate of drug-likeness (QED) is 0.692. The normalized spacial score (nSPS) is 12.1. The number of hydrogen-bond acceptors (Lipinski definition) is 3. The zero-order valence-corrected chi connectivity index (χ0v) is 16.3. The second-order valence-corrected chi connectivity index (χ2v) is 7.06. The van der Waals surface area contributed by atoms with Gasteiger partial charge in [-0.2, -0.15) is 0 Å². The van der Waals surface area contributed by atoms with Crippen LogP contribution in [0.1, 0.15) is 30.8 Å². The number of fused-ring (bicyclic) bond motifs is 1. The van der Waals surface area contributed by atoms with Crippen LogP contribution < -0.4 is 10.9 Å². The molecule has 0 saturated heterocycles. The number of nitrogens with one attached hydrogen (secondary N) is 1. The van der Waals surface area contributed by atoms with Crippen LogP contribution in [0, 0.1) is 6.92 Å². The third kappa shape index (κ3) is 3.85. The number of nitrogens with zero attached hydrogens (tertiary/aromatic N) is 2. The topological polar surface area (TPSA) is 64.0 Å². The minimum absolute atomic E-state index is 0.0461. The minimum Gasteiger partial charge on any atom is -0.348 e. The summed E-state index contributed by atoms with van der Waals surface area (Å²) in [7, 11) is 0. The average molecular weight is 414 g/mol. The molecule has 0 aliphatic heterocycles. The maximum absolute atomic E-state index is 12.7. The first kappa shape index (κ1) is 18.3. The second-order valence-electron chi connectivity index (χ2n) is 6.15. The summed E-state index contributed by atoms with van der Waals surface area (Å²) < 4.78 is 2.42. The molecule has 1 amide bonds. The van der Waals surface area contributed by atoms with E-state index in [1.165, 1.54) is 4.57 Å². The van der Waals surface area contributed by atoms with Crippen molar-refractivity contribution in [1.82, 2.24) is 14.9 Å². The molecule has 26 heavy (non-hydrogen) atoms. The molecular weight excluding hydrogens is 394 g/mol. The van der Waals surface area contributed by atoms with Crippen molar-refractivity contribution in [3.05, 3.63) is 74.7 Å². The molecule has 0 spiro atoms. The van der Waals surface area contributed by atoms with Crippen LogP contribution in [0.25, 0.3) is 10.9 Å². The monoisotopic (exact) mass is 413 g/mol. The van der Waals surface area contributed by atoms with E-state index >= 15 is 0 Å². The number of carbonyl (C=O) groups is 1. The Morgan fingerprint density at radius 2 is 1.88 bits per heavy atom. The van der Waals surface area contributed by atoms with Crippen LogP contribution in [0.5, 0.6) is 0 Å². The highest BCUT2D eigenvalue weighted by Gasteiger charge is 2.15. The summed E-state index contributed by atoms with van der Waals surface area (Å²) in [6, 6.07) is 14.9. The average Bonchev–Trinajstić information content (AvgIpc) is 2.64. The summed E-state index contributed by atoms with van der Waals surface area (Å²) in [5, 5.41) is 3.53. The van der Waals surface area contributed by atoms with Crippen molar-refractivity contribution in [1.29, 1.82) is 0 Å². The summed E-state index contributed by atoms with van der Waals surface area (Å²) in [6.07, 6.45) is 0.761. The molecule has 5 nitrogen and oxygen atoms in total. The van der Waals surface area contributed by atoms with E-state index in [0.29, 0.717) is 16.7 Å². The van der Waals surface area contributed by atoms with Crippen LogP contribution in [-0.2, 0) is 11.3 Å². The first-order valence-electron chi connectivity index (χ1n) is 8.50.